The number of hydrogen-bond donors (Lipinski definition) is 2. The first-order valence-corrected chi connectivity index (χ1v) is 10.1. The molecule has 0 bridgehead atoms. The van der Waals surface area contributed by atoms with E-state index in [0.29, 0.717) is 11.3 Å². The summed E-state index contributed by atoms with van der Waals surface area (Å²) in [7, 11) is 1.47. The first-order valence-electron chi connectivity index (χ1n) is 9.77. The van der Waals surface area contributed by atoms with Crippen molar-refractivity contribution in [3.8, 4) is 11.5 Å². The van der Waals surface area contributed by atoms with Gasteiger partial charge in [-0.1, -0.05) is 23.7 Å². The Hall–Kier alpha value is -3.03. The fraction of sp³-hybridized carbons (Fsp3) is 0.304. The quantitative estimate of drug-likeness (QED) is 0.381. The Morgan fingerprint density at radius 1 is 1.19 bits per heavy atom. The summed E-state index contributed by atoms with van der Waals surface area (Å²) in [5, 5.41) is 21.2. The summed E-state index contributed by atoms with van der Waals surface area (Å²) in [6, 6.07) is 9.95. The molecule has 1 amide bonds. The van der Waals surface area contributed by atoms with Crippen LogP contribution in [0.5, 0.6) is 11.5 Å². The van der Waals surface area contributed by atoms with Crippen molar-refractivity contribution < 1.29 is 29.3 Å². The second kappa shape index (κ2) is 9.41. The van der Waals surface area contributed by atoms with Crippen LogP contribution in [-0.4, -0.2) is 53.2 Å². The Kier molecular flexibility index (Phi) is 6.87. The van der Waals surface area contributed by atoms with Crippen molar-refractivity contribution in [1.82, 2.24) is 4.90 Å². The van der Waals surface area contributed by atoms with E-state index in [1.54, 1.807) is 18.2 Å². The highest BCUT2D eigenvalue weighted by molar-refractivity contribution is 6.47. The Morgan fingerprint density at radius 2 is 1.94 bits per heavy atom. The van der Waals surface area contributed by atoms with Gasteiger partial charge in [0.15, 0.2) is 0 Å². The largest absolute Gasteiger partial charge is 0.508 e. The molecule has 1 fully saturated rings. The standard InChI is InChI=1S/C23H24ClNO6/c1-13(2)31-10-9-25-20(14-5-4-6-15(26)11-14)19(22(28)23(25)29)21(27)17-12-16(30-3)7-8-18(17)24/h4-8,11-13,20,26-27H,9-10H2,1-3H3/b21-19+. The number of nitrogens with zero attached hydrogens (tertiary/aromatic N) is 1. The summed E-state index contributed by atoms with van der Waals surface area (Å²) in [5.41, 5.74) is 0.530. The number of carbonyl (C=O) groups is 2. The molecule has 1 unspecified atom stereocenters. The number of amides is 1. The third-order valence-electron chi connectivity index (χ3n) is 4.94. The number of aliphatic hydroxyl groups excluding tert-OH is 1. The minimum atomic E-state index is -0.912. The lowest BCUT2D eigenvalue weighted by atomic mass is 9.95. The van der Waals surface area contributed by atoms with Crippen LogP contribution in [0.1, 0.15) is 31.0 Å². The van der Waals surface area contributed by atoms with Crippen molar-refractivity contribution in [2.45, 2.75) is 26.0 Å². The highest BCUT2D eigenvalue weighted by atomic mass is 35.5. The van der Waals surface area contributed by atoms with Gasteiger partial charge in [-0.05, 0) is 49.7 Å². The topological polar surface area (TPSA) is 96.3 Å². The number of aliphatic hydroxyl groups is 1. The van der Waals surface area contributed by atoms with E-state index >= 15 is 0 Å². The van der Waals surface area contributed by atoms with Crippen molar-refractivity contribution >= 4 is 29.1 Å². The molecule has 1 aliphatic rings. The van der Waals surface area contributed by atoms with E-state index in [-0.39, 0.29) is 41.2 Å². The molecule has 0 aromatic heterocycles. The Labute approximate surface area is 185 Å². The predicted octanol–water partition coefficient (Wildman–Crippen LogP) is 3.90. The Morgan fingerprint density at radius 3 is 2.58 bits per heavy atom. The molecule has 0 saturated carbocycles. The SMILES string of the molecule is COc1ccc(Cl)c(/C(O)=C2\C(=O)C(=O)N(CCOC(C)C)C2c2cccc(O)c2)c1. The van der Waals surface area contributed by atoms with Gasteiger partial charge in [-0.2, -0.15) is 0 Å². The van der Waals surface area contributed by atoms with Gasteiger partial charge in [-0.25, -0.2) is 0 Å². The fourth-order valence-corrected chi connectivity index (χ4v) is 3.70. The van der Waals surface area contributed by atoms with Crippen LogP contribution < -0.4 is 4.74 Å². The number of methoxy groups -OCH3 is 1. The number of likely N-dealkylation sites (tertiary alicyclic amines) is 1. The number of aromatic hydroxyl groups is 1. The number of Topliss-reactive ketones (excluding diaryl/α,β-unsaturated/α-hetero) is 1. The maximum atomic E-state index is 13.0. The third kappa shape index (κ3) is 4.68. The molecule has 3 rings (SSSR count). The summed E-state index contributed by atoms with van der Waals surface area (Å²) in [6.45, 7) is 4.07. The van der Waals surface area contributed by atoms with E-state index in [1.165, 1.54) is 36.3 Å². The molecule has 1 atom stereocenters. The third-order valence-corrected chi connectivity index (χ3v) is 5.27. The lowest BCUT2D eigenvalue weighted by molar-refractivity contribution is -0.140. The van der Waals surface area contributed by atoms with E-state index in [0.717, 1.165) is 0 Å². The smallest absolute Gasteiger partial charge is 0.295 e. The van der Waals surface area contributed by atoms with Gasteiger partial charge in [0, 0.05) is 12.1 Å². The van der Waals surface area contributed by atoms with E-state index in [9.17, 15) is 19.8 Å². The summed E-state index contributed by atoms with van der Waals surface area (Å²) in [4.78, 5) is 27.2. The van der Waals surface area contributed by atoms with Gasteiger partial charge in [0.2, 0.25) is 0 Å². The second-order valence-electron chi connectivity index (χ2n) is 7.35. The second-order valence-corrected chi connectivity index (χ2v) is 7.76. The number of ether oxygens (including phenoxy) is 2. The van der Waals surface area contributed by atoms with Gasteiger partial charge in [0.1, 0.15) is 17.3 Å². The molecule has 7 nitrogen and oxygen atoms in total. The van der Waals surface area contributed by atoms with Crippen molar-refractivity contribution in [2.24, 2.45) is 0 Å². The average Bonchev–Trinajstić information content (AvgIpc) is 2.98. The monoisotopic (exact) mass is 445 g/mol. The van der Waals surface area contributed by atoms with Crippen LogP contribution in [0.15, 0.2) is 48.0 Å². The number of carbonyl (C=O) groups excluding carboxylic acids is 2. The zero-order valence-corrected chi connectivity index (χ0v) is 18.2. The number of phenolic OH excluding ortho intramolecular Hbond substituents is 1. The number of benzene rings is 2. The minimum Gasteiger partial charge on any atom is -0.508 e. The molecule has 31 heavy (non-hydrogen) atoms. The minimum absolute atomic E-state index is 0.0269. The molecule has 2 N–H and O–H groups in total. The first-order chi connectivity index (χ1) is 14.7. The number of halogens is 1. The maximum Gasteiger partial charge on any atom is 0.295 e. The summed E-state index contributed by atoms with van der Waals surface area (Å²) in [6.07, 6.45) is -0.0494. The summed E-state index contributed by atoms with van der Waals surface area (Å²) >= 11 is 6.26. The van der Waals surface area contributed by atoms with Gasteiger partial charge < -0.3 is 24.6 Å². The van der Waals surface area contributed by atoms with E-state index < -0.39 is 23.5 Å². The molecular formula is C23H24ClNO6. The molecule has 164 valence electrons. The van der Waals surface area contributed by atoms with E-state index in [1.807, 2.05) is 13.8 Å². The molecule has 1 heterocycles. The number of rotatable bonds is 7. The Balaban J connectivity index is 2.15. The van der Waals surface area contributed by atoms with Crippen LogP contribution >= 0.6 is 11.6 Å². The number of phenols is 1. The fourth-order valence-electron chi connectivity index (χ4n) is 3.50. The molecule has 2 aromatic rings. The molecule has 2 aromatic carbocycles. The van der Waals surface area contributed by atoms with Gasteiger partial charge in [0.25, 0.3) is 11.7 Å². The highest BCUT2D eigenvalue weighted by Crippen LogP contribution is 2.41. The van der Waals surface area contributed by atoms with Gasteiger partial charge in [-0.3, -0.25) is 9.59 Å². The van der Waals surface area contributed by atoms with Gasteiger partial charge in [-0.15, -0.1) is 0 Å². The zero-order valence-electron chi connectivity index (χ0n) is 17.5. The van der Waals surface area contributed by atoms with Crippen molar-refractivity contribution in [1.29, 1.82) is 0 Å². The first kappa shape index (κ1) is 22.7. The van der Waals surface area contributed by atoms with Crippen molar-refractivity contribution in [2.75, 3.05) is 20.3 Å². The molecule has 1 aliphatic heterocycles. The summed E-state index contributed by atoms with van der Waals surface area (Å²) < 4.78 is 10.7. The molecule has 1 saturated heterocycles. The van der Waals surface area contributed by atoms with Crippen LogP contribution in [0.2, 0.25) is 5.02 Å². The summed E-state index contributed by atoms with van der Waals surface area (Å²) in [5.74, 6) is -1.61. The van der Waals surface area contributed by atoms with Gasteiger partial charge >= 0.3 is 0 Å². The van der Waals surface area contributed by atoms with E-state index in [2.05, 4.69) is 0 Å². The van der Waals surface area contributed by atoms with Gasteiger partial charge in [0.05, 0.1) is 36.5 Å². The van der Waals surface area contributed by atoms with Crippen LogP contribution in [-0.2, 0) is 14.3 Å². The average molecular weight is 446 g/mol. The zero-order chi connectivity index (χ0) is 22.7. The van der Waals surface area contributed by atoms with Crippen LogP contribution in [0.4, 0.5) is 0 Å². The molecule has 8 heteroatoms. The van der Waals surface area contributed by atoms with Crippen molar-refractivity contribution in [3.05, 3.63) is 64.2 Å². The lowest BCUT2D eigenvalue weighted by Gasteiger charge is -2.25. The van der Waals surface area contributed by atoms with Crippen LogP contribution in [0.3, 0.4) is 0 Å². The molecule has 0 radical (unpaired) electrons. The Bertz CT molecular complexity index is 1030. The number of ketones is 1. The highest BCUT2D eigenvalue weighted by Gasteiger charge is 2.46. The maximum absolute atomic E-state index is 13.0. The van der Waals surface area contributed by atoms with Crippen molar-refractivity contribution in [3.63, 3.8) is 0 Å². The normalized spacial score (nSPS) is 18.1. The van der Waals surface area contributed by atoms with E-state index in [4.69, 9.17) is 21.1 Å². The molecule has 0 aliphatic carbocycles. The molecule has 0 spiro atoms. The lowest BCUT2D eigenvalue weighted by Crippen LogP contribution is -2.33. The number of hydrogen-bond acceptors (Lipinski definition) is 6. The van der Waals surface area contributed by atoms with Crippen LogP contribution in [0.25, 0.3) is 5.76 Å². The van der Waals surface area contributed by atoms with Crippen LogP contribution in [0, 0.1) is 0 Å². The molecular weight excluding hydrogens is 422 g/mol. The predicted molar refractivity (Wildman–Crippen MR) is 116 cm³/mol.